The van der Waals surface area contributed by atoms with Crippen molar-refractivity contribution in [3.8, 4) is 0 Å². The van der Waals surface area contributed by atoms with Gasteiger partial charge in [0.25, 0.3) is 5.91 Å². The second kappa shape index (κ2) is 7.43. The fourth-order valence-electron chi connectivity index (χ4n) is 3.79. The average Bonchev–Trinajstić information content (AvgIpc) is 3.17. The lowest BCUT2D eigenvalue weighted by Gasteiger charge is -2.23. The molecule has 26 heavy (non-hydrogen) atoms. The van der Waals surface area contributed by atoms with Crippen molar-refractivity contribution in [2.24, 2.45) is 0 Å². The van der Waals surface area contributed by atoms with Gasteiger partial charge in [-0.25, -0.2) is 9.18 Å². The van der Waals surface area contributed by atoms with E-state index in [1.165, 1.54) is 17.0 Å². The number of halogens is 1. The number of nitrogens with zero attached hydrogens (tertiary/aromatic N) is 2. The zero-order valence-electron chi connectivity index (χ0n) is 15.0. The zero-order chi connectivity index (χ0) is 18.7. The third-order valence-corrected chi connectivity index (χ3v) is 5.25. The summed E-state index contributed by atoms with van der Waals surface area (Å²) in [4.78, 5) is 40.0. The van der Waals surface area contributed by atoms with Gasteiger partial charge in [-0.05, 0) is 37.5 Å². The highest BCUT2D eigenvalue weighted by Crippen LogP contribution is 2.35. The van der Waals surface area contributed by atoms with Gasteiger partial charge in [0.2, 0.25) is 5.91 Å². The number of rotatable bonds is 6. The Bertz CT molecular complexity index is 716. The highest BCUT2D eigenvalue weighted by molar-refractivity contribution is 6.07. The van der Waals surface area contributed by atoms with Crippen LogP contribution in [0.1, 0.15) is 44.6 Å². The number of nitrogens with one attached hydrogen (secondary N) is 1. The summed E-state index contributed by atoms with van der Waals surface area (Å²) in [6.45, 7) is 2.69. The van der Waals surface area contributed by atoms with Crippen LogP contribution < -0.4 is 5.32 Å². The molecule has 4 amide bonds. The maximum Gasteiger partial charge on any atom is 0.325 e. The normalized spacial score (nSPS) is 18.5. The molecule has 1 heterocycles. The van der Waals surface area contributed by atoms with Crippen LogP contribution in [0.5, 0.6) is 0 Å². The van der Waals surface area contributed by atoms with Crippen LogP contribution in [0, 0.1) is 5.82 Å². The minimum absolute atomic E-state index is 0.0679. The lowest BCUT2D eigenvalue weighted by molar-refractivity contribution is -0.133. The maximum atomic E-state index is 13.3. The smallest absolute Gasteiger partial charge is 0.325 e. The Hall–Kier alpha value is -2.44. The molecule has 1 N–H and O–H groups in total. The van der Waals surface area contributed by atoms with E-state index >= 15 is 0 Å². The minimum Gasteiger partial charge on any atom is -0.339 e. The van der Waals surface area contributed by atoms with Crippen LogP contribution in [0.4, 0.5) is 9.18 Å². The molecule has 0 unspecified atom stereocenters. The Balaban J connectivity index is 1.58. The van der Waals surface area contributed by atoms with Crippen LogP contribution in [0.2, 0.25) is 0 Å². The van der Waals surface area contributed by atoms with Gasteiger partial charge in [-0.2, -0.15) is 0 Å². The van der Waals surface area contributed by atoms with Gasteiger partial charge in [0, 0.05) is 26.1 Å². The number of carbonyl (C=O) groups excluding carboxylic acids is 3. The van der Waals surface area contributed by atoms with Crippen molar-refractivity contribution in [2.75, 3.05) is 13.1 Å². The SMILES string of the molecule is CCN(Cc1cccc(F)c1)C(=O)CCN1C(=O)NC2(CCCC2)C1=O. The van der Waals surface area contributed by atoms with E-state index in [0.29, 0.717) is 31.5 Å². The Morgan fingerprint density at radius 3 is 2.69 bits per heavy atom. The number of hydrogen-bond acceptors (Lipinski definition) is 3. The van der Waals surface area contributed by atoms with Crippen LogP contribution >= 0.6 is 0 Å². The van der Waals surface area contributed by atoms with Crippen molar-refractivity contribution in [3.63, 3.8) is 0 Å². The van der Waals surface area contributed by atoms with Crippen molar-refractivity contribution >= 4 is 17.8 Å². The fourth-order valence-corrected chi connectivity index (χ4v) is 3.79. The first kappa shape index (κ1) is 18.4. The molecule has 1 aromatic rings. The third-order valence-electron chi connectivity index (χ3n) is 5.25. The molecule has 2 aliphatic rings. The Kier molecular flexibility index (Phi) is 5.25. The lowest BCUT2D eigenvalue weighted by Crippen LogP contribution is -2.44. The largest absolute Gasteiger partial charge is 0.339 e. The molecular weight excluding hydrogens is 337 g/mol. The van der Waals surface area contributed by atoms with Gasteiger partial charge in [-0.3, -0.25) is 14.5 Å². The van der Waals surface area contributed by atoms with E-state index in [4.69, 9.17) is 0 Å². The van der Waals surface area contributed by atoms with E-state index in [0.717, 1.165) is 12.8 Å². The van der Waals surface area contributed by atoms with Crippen molar-refractivity contribution in [2.45, 2.75) is 51.1 Å². The molecule has 1 saturated heterocycles. The van der Waals surface area contributed by atoms with E-state index in [1.54, 1.807) is 17.0 Å². The fraction of sp³-hybridized carbons (Fsp3) is 0.526. The first-order valence-corrected chi connectivity index (χ1v) is 9.11. The van der Waals surface area contributed by atoms with E-state index in [2.05, 4.69) is 5.32 Å². The average molecular weight is 361 g/mol. The van der Waals surface area contributed by atoms with Crippen LogP contribution in [0.15, 0.2) is 24.3 Å². The van der Waals surface area contributed by atoms with Crippen molar-refractivity contribution in [1.29, 1.82) is 0 Å². The number of hydrogen-bond donors (Lipinski definition) is 1. The second-order valence-electron chi connectivity index (χ2n) is 6.96. The summed E-state index contributed by atoms with van der Waals surface area (Å²) in [5, 5.41) is 2.81. The van der Waals surface area contributed by atoms with E-state index in [9.17, 15) is 18.8 Å². The summed E-state index contributed by atoms with van der Waals surface area (Å²) in [6, 6.07) is 5.73. The standard InChI is InChI=1S/C19H24FN3O3/c1-2-22(13-14-6-5-7-15(20)12-14)16(24)8-11-23-17(25)19(21-18(23)26)9-3-4-10-19/h5-7,12H,2-4,8-11,13H2,1H3,(H,21,26). The summed E-state index contributed by atoms with van der Waals surface area (Å²) in [7, 11) is 0. The zero-order valence-corrected chi connectivity index (χ0v) is 15.0. The van der Waals surface area contributed by atoms with Gasteiger partial charge < -0.3 is 10.2 Å². The van der Waals surface area contributed by atoms with E-state index in [1.807, 2.05) is 6.92 Å². The first-order chi connectivity index (χ1) is 12.4. The third kappa shape index (κ3) is 3.57. The molecule has 140 valence electrons. The van der Waals surface area contributed by atoms with Gasteiger partial charge in [0.05, 0.1) is 0 Å². The molecule has 7 heteroatoms. The molecule has 1 aliphatic carbocycles. The van der Waals surface area contributed by atoms with Crippen LogP contribution in [0.25, 0.3) is 0 Å². The van der Waals surface area contributed by atoms with Crippen LogP contribution in [-0.2, 0) is 16.1 Å². The first-order valence-electron chi connectivity index (χ1n) is 9.11. The van der Waals surface area contributed by atoms with Gasteiger partial charge in [0.15, 0.2) is 0 Å². The summed E-state index contributed by atoms with van der Waals surface area (Å²) in [5.41, 5.74) is -0.0355. The summed E-state index contributed by atoms with van der Waals surface area (Å²) in [5.74, 6) is -0.710. The number of benzene rings is 1. The topological polar surface area (TPSA) is 69.7 Å². The number of carbonyl (C=O) groups is 3. The molecule has 6 nitrogen and oxygen atoms in total. The molecule has 1 saturated carbocycles. The van der Waals surface area contributed by atoms with Crippen LogP contribution in [-0.4, -0.2) is 46.3 Å². The van der Waals surface area contributed by atoms with Gasteiger partial charge in [-0.1, -0.05) is 25.0 Å². The molecule has 0 radical (unpaired) electrons. The van der Waals surface area contributed by atoms with Gasteiger partial charge >= 0.3 is 6.03 Å². The highest BCUT2D eigenvalue weighted by Gasteiger charge is 2.52. The van der Waals surface area contributed by atoms with E-state index in [-0.39, 0.29) is 30.6 Å². The summed E-state index contributed by atoms with van der Waals surface area (Å²) < 4.78 is 13.3. The van der Waals surface area contributed by atoms with Gasteiger partial charge in [-0.15, -0.1) is 0 Å². The number of amides is 4. The molecule has 3 rings (SSSR count). The van der Waals surface area contributed by atoms with Crippen molar-refractivity contribution < 1.29 is 18.8 Å². The number of imide groups is 1. The molecular formula is C19H24FN3O3. The molecule has 0 aromatic heterocycles. The summed E-state index contributed by atoms with van der Waals surface area (Å²) in [6.07, 6.45) is 3.26. The van der Waals surface area contributed by atoms with Gasteiger partial charge in [0.1, 0.15) is 11.4 Å². The highest BCUT2D eigenvalue weighted by atomic mass is 19.1. The summed E-state index contributed by atoms with van der Waals surface area (Å²) >= 11 is 0. The predicted molar refractivity (Wildman–Crippen MR) is 93.6 cm³/mol. The molecule has 0 bridgehead atoms. The lowest BCUT2D eigenvalue weighted by atomic mass is 9.98. The molecule has 1 spiro atoms. The second-order valence-corrected chi connectivity index (χ2v) is 6.96. The minimum atomic E-state index is -0.744. The molecule has 1 aromatic carbocycles. The predicted octanol–water partition coefficient (Wildman–Crippen LogP) is 2.43. The van der Waals surface area contributed by atoms with Crippen molar-refractivity contribution in [1.82, 2.24) is 15.1 Å². The Labute approximate surface area is 152 Å². The molecule has 2 fully saturated rings. The number of urea groups is 1. The molecule has 0 atom stereocenters. The maximum absolute atomic E-state index is 13.3. The Morgan fingerprint density at radius 1 is 1.31 bits per heavy atom. The monoisotopic (exact) mass is 361 g/mol. The van der Waals surface area contributed by atoms with Crippen molar-refractivity contribution in [3.05, 3.63) is 35.6 Å². The Morgan fingerprint density at radius 2 is 2.04 bits per heavy atom. The quantitative estimate of drug-likeness (QED) is 0.791. The molecule has 1 aliphatic heterocycles. The van der Waals surface area contributed by atoms with Crippen LogP contribution in [0.3, 0.4) is 0 Å². The van der Waals surface area contributed by atoms with E-state index < -0.39 is 11.6 Å².